The number of anilines is 1. The number of carbonyl (C=O) groups excluding carboxylic acids is 2. The maximum Gasteiger partial charge on any atom is 0.419 e. The van der Waals surface area contributed by atoms with Gasteiger partial charge in [-0.3, -0.25) is 14.5 Å². The maximum absolute atomic E-state index is 13.8. The molecule has 0 radical (unpaired) electrons. The molecule has 0 spiro atoms. The van der Waals surface area contributed by atoms with Gasteiger partial charge in [0, 0.05) is 25.2 Å². The van der Waals surface area contributed by atoms with Gasteiger partial charge in [-0.25, -0.2) is 4.39 Å². The Bertz CT molecular complexity index is 1000. The smallest absolute Gasteiger partial charge is 0.325 e. The van der Waals surface area contributed by atoms with Crippen molar-refractivity contribution in [3.63, 3.8) is 0 Å². The van der Waals surface area contributed by atoms with E-state index < -0.39 is 23.5 Å². The average molecular weight is 437 g/mol. The number of nitrogens with one attached hydrogen (secondary N) is 2. The molecule has 0 aromatic heterocycles. The summed E-state index contributed by atoms with van der Waals surface area (Å²) in [6.07, 6.45) is -5.12. The van der Waals surface area contributed by atoms with Crippen LogP contribution >= 0.6 is 0 Å². The molecule has 1 amide bonds. The second-order valence-corrected chi connectivity index (χ2v) is 7.57. The topological polar surface area (TPSA) is 61.4 Å². The first kappa shape index (κ1) is 22.9. The summed E-state index contributed by atoms with van der Waals surface area (Å²) in [5.74, 6) is -2.08. The highest BCUT2D eigenvalue weighted by Crippen LogP contribution is 2.32. The molecular weight excluding hydrogens is 414 g/mol. The summed E-state index contributed by atoms with van der Waals surface area (Å²) < 4.78 is 51.9. The van der Waals surface area contributed by atoms with E-state index in [0.29, 0.717) is 42.0 Å². The monoisotopic (exact) mass is 437 g/mol. The fourth-order valence-corrected chi connectivity index (χ4v) is 3.64. The second-order valence-electron chi connectivity index (χ2n) is 7.57. The van der Waals surface area contributed by atoms with Crippen molar-refractivity contribution in [1.29, 1.82) is 0 Å². The standard InChI is InChI=1S/C22H23F4N3O2/c1-13-3-5-15-11-29(8-7-27-2)12-18(30)20(15)21(13)28-19(31)10-14-4-6-16(17(23)9-14)22(24,25)26/h3-6,9,27H,7-8,10-12H2,1-2H3,(H,28,31). The average Bonchev–Trinajstić information content (AvgIpc) is 2.67. The molecular formula is C22H23F4N3O2. The van der Waals surface area contributed by atoms with Crippen molar-refractivity contribution in [2.45, 2.75) is 26.1 Å². The summed E-state index contributed by atoms with van der Waals surface area (Å²) in [6.45, 7) is 3.99. The quantitative estimate of drug-likeness (QED) is 0.679. The van der Waals surface area contributed by atoms with Gasteiger partial charge in [0.1, 0.15) is 5.82 Å². The minimum Gasteiger partial charge on any atom is -0.325 e. The van der Waals surface area contributed by atoms with Crippen molar-refractivity contribution in [1.82, 2.24) is 10.2 Å². The van der Waals surface area contributed by atoms with Gasteiger partial charge < -0.3 is 10.6 Å². The molecule has 3 rings (SSSR count). The highest BCUT2D eigenvalue weighted by molar-refractivity contribution is 6.08. The van der Waals surface area contributed by atoms with Gasteiger partial charge in [-0.2, -0.15) is 13.2 Å². The van der Waals surface area contributed by atoms with Gasteiger partial charge in [-0.15, -0.1) is 0 Å². The SMILES string of the molecule is CNCCN1CC(=O)c2c(ccc(C)c2NC(=O)Cc2ccc(C(F)(F)F)c(F)c2)C1. The Kier molecular flexibility index (Phi) is 6.76. The van der Waals surface area contributed by atoms with Crippen LogP contribution in [0, 0.1) is 12.7 Å². The number of amides is 1. The molecule has 1 heterocycles. The molecule has 1 aliphatic rings. The lowest BCUT2D eigenvalue weighted by molar-refractivity contribution is -0.140. The van der Waals surface area contributed by atoms with Crippen molar-refractivity contribution in [2.75, 3.05) is 32.0 Å². The largest absolute Gasteiger partial charge is 0.419 e. The third kappa shape index (κ3) is 5.29. The summed E-state index contributed by atoms with van der Waals surface area (Å²) in [4.78, 5) is 27.3. The number of benzene rings is 2. The van der Waals surface area contributed by atoms with E-state index in [0.717, 1.165) is 18.2 Å². The van der Waals surface area contributed by atoms with Crippen molar-refractivity contribution in [3.05, 3.63) is 64.0 Å². The zero-order chi connectivity index (χ0) is 22.8. The van der Waals surface area contributed by atoms with Crippen LogP contribution in [0.15, 0.2) is 30.3 Å². The number of aryl methyl sites for hydroxylation is 1. The number of likely N-dealkylation sites (N-methyl/N-ethyl adjacent to an activating group) is 1. The fraction of sp³-hybridized carbons (Fsp3) is 0.364. The molecule has 0 aliphatic carbocycles. The second kappa shape index (κ2) is 9.15. The molecule has 0 fully saturated rings. The number of alkyl halides is 3. The lowest BCUT2D eigenvalue weighted by atomic mass is 9.93. The van der Waals surface area contributed by atoms with Gasteiger partial charge in [0.2, 0.25) is 5.91 Å². The molecule has 0 atom stereocenters. The molecule has 0 unspecified atom stereocenters. The van der Waals surface area contributed by atoms with Crippen molar-refractivity contribution in [2.24, 2.45) is 0 Å². The molecule has 0 bridgehead atoms. The first-order valence-electron chi connectivity index (χ1n) is 9.78. The van der Waals surface area contributed by atoms with Crippen LogP contribution in [0.3, 0.4) is 0 Å². The van der Waals surface area contributed by atoms with E-state index in [1.807, 2.05) is 18.0 Å². The Balaban J connectivity index is 1.78. The summed E-state index contributed by atoms with van der Waals surface area (Å²) in [7, 11) is 1.83. The molecule has 0 saturated carbocycles. The number of Topliss-reactive ketones (excluding diaryl/α,β-unsaturated/α-hetero) is 1. The molecule has 5 nitrogen and oxygen atoms in total. The van der Waals surface area contributed by atoms with Gasteiger partial charge in [0.15, 0.2) is 5.78 Å². The molecule has 9 heteroatoms. The van der Waals surface area contributed by atoms with Crippen molar-refractivity contribution < 1.29 is 27.2 Å². The molecule has 0 saturated heterocycles. The number of halogens is 4. The van der Waals surface area contributed by atoms with Crippen LogP contribution in [0.4, 0.5) is 23.2 Å². The van der Waals surface area contributed by atoms with Gasteiger partial charge in [0.05, 0.1) is 24.2 Å². The Morgan fingerprint density at radius 2 is 1.90 bits per heavy atom. The number of rotatable bonds is 6. The van der Waals surface area contributed by atoms with Gasteiger partial charge in [0.25, 0.3) is 0 Å². The van der Waals surface area contributed by atoms with E-state index in [9.17, 15) is 27.2 Å². The van der Waals surface area contributed by atoms with E-state index in [1.54, 1.807) is 13.0 Å². The Morgan fingerprint density at radius 3 is 2.55 bits per heavy atom. The predicted octanol–water partition coefficient (Wildman–Crippen LogP) is 3.55. The van der Waals surface area contributed by atoms with Crippen LogP contribution in [0.1, 0.15) is 32.6 Å². The van der Waals surface area contributed by atoms with Crippen LogP contribution < -0.4 is 10.6 Å². The maximum atomic E-state index is 13.8. The summed E-state index contributed by atoms with van der Waals surface area (Å²) >= 11 is 0. The highest BCUT2D eigenvalue weighted by atomic mass is 19.4. The Morgan fingerprint density at radius 1 is 1.16 bits per heavy atom. The number of ketones is 1. The molecule has 2 aromatic carbocycles. The first-order chi connectivity index (χ1) is 14.6. The van der Waals surface area contributed by atoms with E-state index in [2.05, 4.69) is 10.6 Å². The van der Waals surface area contributed by atoms with E-state index in [-0.39, 0.29) is 24.3 Å². The minimum atomic E-state index is -4.80. The summed E-state index contributed by atoms with van der Waals surface area (Å²) in [5.41, 5.74) is 1.07. The molecule has 31 heavy (non-hydrogen) atoms. The predicted molar refractivity (Wildman–Crippen MR) is 108 cm³/mol. The van der Waals surface area contributed by atoms with Crippen LogP contribution in [0.25, 0.3) is 0 Å². The van der Waals surface area contributed by atoms with Gasteiger partial charge in [-0.1, -0.05) is 18.2 Å². The summed E-state index contributed by atoms with van der Waals surface area (Å²) in [5, 5.41) is 5.74. The number of carbonyl (C=O) groups is 2. The minimum absolute atomic E-state index is 0.106. The van der Waals surface area contributed by atoms with Crippen LogP contribution in [-0.4, -0.2) is 43.3 Å². The number of fused-ring (bicyclic) bond motifs is 1. The van der Waals surface area contributed by atoms with E-state index in [1.165, 1.54) is 0 Å². The fourth-order valence-electron chi connectivity index (χ4n) is 3.64. The zero-order valence-corrected chi connectivity index (χ0v) is 17.2. The molecule has 166 valence electrons. The van der Waals surface area contributed by atoms with Gasteiger partial charge >= 0.3 is 6.18 Å². The lowest BCUT2D eigenvalue weighted by Gasteiger charge is -2.29. The van der Waals surface area contributed by atoms with Crippen LogP contribution in [-0.2, 0) is 23.9 Å². The van der Waals surface area contributed by atoms with E-state index in [4.69, 9.17) is 0 Å². The first-order valence-corrected chi connectivity index (χ1v) is 9.78. The van der Waals surface area contributed by atoms with Gasteiger partial charge in [-0.05, 0) is 42.8 Å². The lowest BCUT2D eigenvalue weighted by Crippen LogP contribution is -2.39. The van der Waals surface area contributed by atoms with Crippen molar-refractivity contribution in [3.8, 4) is 0 Å². The summed E-state index contributed by atoms with van der Waals surface area (Å²) in [6, 6.07) is 6.07. The molecule has 2 N–H and O–H groups in total. The number of hydrogen-bond donors (Lipinski definition) is 2. The third-order valence-corrected chi connectivity index (χ3v) is 5.19. The number of nitrogens with zero attached hydrogens (tertiary/aromatic N) is 1. The normalized spacial score (nSPS) is 14.5. The zero-order valence-electron chi connectivity index (χ0n) is 17.2. The molecule has 1 aliphatic heterocycles. The molecule has 2 aromatic rings. The third-order valence-electron chi connectivity index (χ3n) is 5.19. The Hall–Kier alpha value is -2.78. The number of hydrogen-bond acceptors (Lipinski definition) is 4. The highest BCUT2D eigenvalue weighted by Gasteiger charge is 2.34. The van der Waals surface area contributed by atoms with Crippen LogP contribution in [0.2, 0.25) is 0 Å². The van der Waals surface area contributed by atoms with Crippen molar-refractivity contribution >= 4 is 17.4 Å². The van der Waals surface area contributed by atoms with E-state index >= 15 is 0 Å². The Labute approximate surface area is 177 Å². The van der Waals surface area contributed by atoms with Crippen LogP contribution in [0.5, 0.6) is 0 Å².